The summed E-state index contributed by atoms with van der Waals surface area (Å²) < 4.78 is 9.85. The van der Waals surface area contributed by atoms with Crippen molar-refractivity contribution in [3.05, 3.63) is 12.2 Å². The lowest BCUT2D eigenvalue weighted by Crippen LogP contribution is -2.09. The van der Waals surface area contributed by atoms with Crippen LogP contribution in [0.25, 0.3) is 0 Å². The lowest BCUT2D eigenvalue weighted by atomic mass is 10.6. The summed E-state index contributed by atoms with van der Waals surface area (Å²) in [7, 11) is 1.72. The predicted octanol–water partition coefficient (Wildman–Crippen LogP) is 0.307. The molecule has 0 spiro atoms. The summed E-state index contributed by atoms with van der Waals surface area (Å²) in [4.78, 5) is 16.1. The monoisotopic (exact) mass is 251 g/mol. The fourth-order valence-electron chi connectivity index (χ4n) is 1.17. The van der Waals surface area contributed by atoms with Gasteiger partial charge in [-0.1, -0.05) is 5.16 Å². The summed E-state index contributed by atoms with van der Waals surface area (Å²) >= 11 is 0. The second-order valence-corrected chi connectivity index (χ2v) is 3.15. The quantitative estimate of drug-likeness (QED) is 0.748. The molecule has 9 heteroatoms. The Balaban J connectivity index is 2.08. The third-order valence-electron chi connectivity index (χ3n) is 1.92. The molecular weight excluding hydrogens is 238 g/mol. The topological polar surface area (TPSA) is 111 Å². The SMILES string of the molecule is CCOc1nc(NC)nc(NCc2ncon2)n1. The van der Waals surface area contributed by atoms with Crippen LogP contribution in [0, 0.1) is 0 Å². The first kappa shape index (κ1) is 12.0. The Morgan fingerprint density at radius 2 is 2.11 bits per heavy atom. The van der Waals surface area contributed by atoms with Crippen molar-refractivity contribution in [3.63, 3.8) is 0 Å². The third kappa shape index (κ3) is 3.03. The standard InChI is InChI=1S/C9H13N7O2/c1-3-17-9-14-7(10-2)13-8(15-9)11-4-6-12-5-18-16-6/h5H,3-4H2,1-2H3,(H2,10,11,13,14,15). The van der Waals surface area contributed by atoms with Crippen LogP contribution in [0.1, 0.15) is 12.7 Å². The van der Waals surface area contributed by atoms with Crippen molar-refractivity contribution in [1.29, 1.82) is 0 Å². The Kier molecular flexibility index (Phi) is 3.84. The van der Waals surface area contributed by atoms with Crippen molar-refractivity contribution >= 4 is 11.9 Å². The van der Waals surface area contributed by atoms with Gasteiger partial charge in [0.05, 0.1) is 13.2 Å². The van der Waals surface area contributed by atoms with Gasteiger partial charge in [0, 0.05) is 7.05 Å². The smallest absolute Gasteiger partial charge is 0.323 e. The second-order valence-electron chi connectivity index (χ2n) is 3.15. The minimum Gasteiger partial charge on any atom is -0.464 e. The van der Waals surface area contributed by atoms with E-state index >= 15 is 0 Å². The molecule has 0 aliphatic rings. The van der Waals surface area contributed by atoms with Crippen LogP contribution < -0.4 is 15.4 Å². The Labute approximate surface area is 103 Å². The maximum absolute atomic E-state index is 5.23. The lowest BCUT2D eigenvalue weighted by Gasteiger charge is -2.07. The maximum atomic E-state index is 5.23. The number of aromatic nitrogens is 5. The number of rotatable bonds is 6. The first-order valence-electron chi connectivity index (χ1n) is 5.37. The van der Waals surface area contributed by atoms with E-state index in [2.05, 4.69) is 40.2 Å². The Hall–Kier alpha value is -2.45. The van der Waals surface area contributed by atoms with Crippen molar-refractivity contribution in [2.24, 2.45) is 0 Å². The van der Waals surface area contributed by atoms with Gasteiger partial charge in [-0.3, -0.25) is 0 Å². The van der Waals surface area contributed by atoms with Crippen LogP contribution in [0.5, 0.6) is 6.01 Å². The van der Waals surface area contributed by atoms with Crippen LogP contribution in [0.4, 0.5) is 11.9 Å². The molecule has 0 aliphatic heterocycles. The summed E-state index contributed by atoms with van der Waals surface area (Å²) in [5.74, 6) is 1.31. The Morgan fingerprint density at radius 3 is 2.78 bits per heavy atom. The molecule has 0 amide bonds. The molecule has 2 heterocycles. The van der Waals surface area contributed by atoms with E-state index in [-0.39, 0.29) is 6.01 Å². The molecule has 0 saturated carbocycles. The summed E-state index contributed by atoms with van der Waals surface area (Å²) in [6, 6.07) is 0.257. The molecule has 0 fully saturated rings. The normalized spacial score (nSPS) is 10.1. The van der Waals surface area contributed by atoms with Gasteiger partial charge in [-0.05, 0) is 6.92 Å². The number of hydrogen-bond acceptors (Lipinski definition) is 9. The molecule has 2 aromatic rings. The van der Waals surface area contributed by atoms with Crippen molar-refractivity contribution in [1.82, 2.24) is 25.1 Å². The van der Waals surface area contributed by atoms with Crippen LogP contribution in [-0.2, 0) is 6.54 Å². The number of nitrogens with one attached hydrogen (secondary N) is 2. The fraction of sp³-hybridized carbons (Fsp3) is 0.444. The minimum absolute atomic E-state index is 0.257. The van der Waals surface area contributed by atoms with Gasteiger partial charge in [0.25, 0.3) is 0 Å². The summed E-state index contributed by atoms with van der Waals surface area (Å²) in [6.45, 7) is 2.70. The van der Waals surface area contributed by atoms with Gasteiger partial charge < -0.3 is 19.9 Å². The van der Waals surface area contributed by atoms with Gasteiger partial charge in [-0.25, -0.2) is 0 Å². The lowest BCUT2D eigenvalue weighted by molar-refractivity contribution is 0.312. The van der Waals surface area contributed by atoms with Gasteiger partial charge in [-0.15, -0.1) is 0 Å². The van der Waals surface area contributed by atoms with Gasteiger partial charge >= 0.3 is 6.01 Å². The zero-order valence-electron chi connectivity index (χ0n) is 10.0. The molecule has 96 valence electrons. The van der Waals surface area contributed by atoms with Crippen molar-refractivity contribution < 1.29 is 9.26 Å². The molecular formula is C9H13N7O2. The van der Waals surface area contributed by atoms with E-state index in [1.807, 2.05) is 6.92 Å². The van der Waals surface area contributed by atoms with Crippen LogP contribution >= 0.6 is 0 Å². The van der Waals surface area contributed by atoms with Crippen molar-refractivity contribution in [2.75, 3.05) is 24.3 Å². The molecule has 0 radical (unpaired) electrons. The van der Waals surface area contributed by atoms with E-state index in [1.54, 1.807) is 7.05 Å². The highest BCUT2D eigenvalue weighted by Gasteiger charge is 2.07. The number of ether oxygens (including phenoxy) is 1. The molecule has 2 rings (SSSR count). The van der Waals surface area contributed by atoms with E-state index in [1.165, 1.54) is 6.39 Å². The van der Waals surface area contributed by atoms with Crippen LogP contribution in [0.15, 0.2) is 10.9 Å². The molecule has 18 heavy (non-hydrogen) atoms. The molecule has 0 unspecified atom stereocenters. The number of hydrogen-bond donors (Lipinski definition) is 2. The van der Waals surface area contributed by atoms with Crippen molar-refractivity contribution in [2.45, 2.75) is 13.5 Å². The average Bonchev–Trinajstić information content (AvgIpc) is 2.89. The van der Waals surface area contributed by atoms with Crippen LogP contribution in [0.2, 0.25) is 0 Å². The van der Waals surface area contributed by atoms with E-state index in [9.17, 15) is 0 Å². The van der Waals surface area contributed by atoms with Crippen molar-refractivity contribution in [3.8, 4) is 6.01 Å². The first-order chi connectivity index (χ1) is 8.81. The van der Waals surface area contributed by atoms with E-state index in [4.69, 9.17) is 4.74 Å². The highest BCUT2D eigenvalue weighted by molar-refractivity contribution is 5.35. The zero-order chi connectivity index (χ0) is 12.8. The molecule has 2 N–H and O–H groups in total. The molecule has 0 atom stereocenters. The maximum Gasteiger partial charge on any atom is 0.323 e. The highest BCUT2D eigenvalue weighted by Crippen LogP contribution is 2.11. The molecule has 0 saturated heterocycles. The Bertz CT molecular complexity index is 488. The van der Waals surface area contributed by atoms with Gasteiger partial charge in [0.1, 0.15) is 0 Å². The van der Waals surface area contributed by atoms with Crippen LogP contribution in [0.3, 0.4) is 0 Å². The predicted molar refractivity (Wildman–Crippen MR) is 62.2 cm³/mol. The first-order valence-corrected chi connectivity index (χ1v) is 5.37. The molecule has 9 nitrogen and oxygen atoms in total. The van der Waals surface area contributed by atoms with Gasteiger partial charge in [-0.2, -0.15) is 19.9 Å². The van der Waals surface area contributed by atoms with Gasteiger partial charge in [0.2, 0.25) is 18.3 Å². The van der Waals surface area contributed by atoms with Gasteiger partial charge in [0.15, 0.2) is 5.82 Å². The summed E-state index contributed by atoms with van der Waals surface area (Å²) in [6.07, 6.45) is 1.26. The fourth-order valence-corrected chi connectivity index (χ4v) is 1.17. The number of nitrogens with zero attached hydrogens (tertiary/aromatic N) is 5. The minimum atomic E-state index is 0.257. The Morgan fingerprint density at radius 1 is 1.28 bits per heavy atom. The highest BCUT2D eigenvalue weighted by atomic mass is 16.5. The zero-order valence-corrected chi connectivity index (χ0v) is 10.0. The van der Waals surface area contributed by atoms with Crippen LogP contribution in [-0.4, -0.2) is 38.7 Å². The van der Waals surface area contributed by atoms with E-state index < -0.39 is 0 Å². The largest absolute Gasteiger partial charge is 0.464 e. The molecule has 0 aromatic carbocycles. The van der Waals surface area contributed by atoms with E-state index in [0.717, 1.165) is 0 Å². The molecule has 0 bridgehead atoms. The summed E-state index contributed by atoms with van der Waals surface area (Å²) in [5.41, 5.74) is 0. The second kappa shape index (κ2) is 5.75. The third-order valence-corrected chi connectivity index (χ3v) is 1.92. The number of anilines is 2. The van der Waals surface area contributed by atoms with E-state index in [0.29, 0.717) is 30.9 Å². The molecule has 2 aromatic heterocycles. The average molecular weight is 251 g/mol. The summed E-state index contributed by atoms with van der Waals surface area (Å²) in [5, 5.41) is 9.45. The molecule has 0 aliphatic carbocycles.